The fourth-order valence-electron chi connectivity index (χ4n) is 7.58. The number of benzene rings is 4. The molecule has 0 bridgehead atoms. The van der Waals surface area contributed by atoms with Crippen molar-refractivity contribution in [1.82, 2.24) is 0 Å². The van der Waals surface area contributed by atoms with Crippen molar-refractivity contribution in [3.8, 4) is 0 Å². The van der Waals surface area contributed by atoms with E-state index < -0.39 is 0 Å². The molecule has 8 aromatic carbocycles. The minimum Gasteiger partial charge on any atom is -1.00 e. The molecule has 8 rings (SSSR count). The van der Waals surface area contributed by atoms with Gasteiger partial charge >= 0.3 is 43.4 Å². The molecule has 0 nitrogen and oxygen atoms in total. The van der Waals surface area contributed by atoms with Crippen molar-refractivity contribution in [2.75, 3.05) is 24.6 Å². The van der Waals surface area contributed by atoms with E-state index in [2.05, 4.69) is 215 Å². The molecular formula is C54H66Cl2P2Ti2-2. The average molecular weight is 944 g/mol. The Morgan fingerprint density at radius 2 is 0.600 bits per heavy atom. The van der Waals surface area contributed by atoms with Crippen LogP contribution in [0.1, 0.15) is 66.5 Å². The maximum atomic E-state index is 2.42. The molecular weight excluding hydrogens is 877 g/mol. The van der Waals surface area contributed by atoms with Crippen molar-refractivity contribution in [3.05, 3.63) is 157 Å². The van der Waals surface area contributed by atoms with Crippen molar-refractivity contribution >= 4 is 69.5 Å². The summed E-state index contributed by atoms with van der Waals surface area (Å²) in [5, 5.41) is 14.2. The van der Waals surface area contributed by atoms with Crippen LogP contribution in [0.15, 0.2) is 146 Å². The molecule has 8 aromatic rings. The van der Waals surface area contributed by atoms with Gasteiger partial charge in [-0.05, 0) is 48.3 Å². The van der Waals surface area contributed by atoms with Gasteiger partial charge in [0.25, 0.3) is 0 Å². The zero-order chi connectivity index (χ0) is 40.2. The van der Waals surface area contributed by atoms with Gasteiger partial charge in [0.05, 0.1) is 0 Å². The van der Waals surface area contributed by atoms with E-state index in [1.165, 1.54) is 78.9 Å². The molecule has 0 fully saturated rings. The number of fused-ring (bicyclic) bond motifs is 4. The molecule has 0 amide bonds. The SMILES string of the molecule is CC(C)CP(CC(C)C)c1cc2ccccc2[cH-]1.CC(C)CP(CC(C)C)c1cc2ccccc2[cH-]1.Cc1cc2ccccc2[cH-]1.Cc1cc2ccccc2[cH-]1.[Cl-].[Cl-].[Ti+2].[Ti+2]. The zero-order valence-corrected chi connectivity index (χ0v) is 44.1. The van der Waals surface area contributed by atoms with E-state index in [0.717, 1.165) is 23.7 Å². The van der Waals surface area contributed by atoms with E-state index in [1.54, 1.807) is 10.6 Å². The monoisotopic (exact) mass is 942 g/mol. The van der Waals surface area contributed by atoms with Gasteiger partial charge in [-0.2, -0.15) is 24.3 Å². The van der Waals surface area contributed by atoms with Crippen LogP contribution in [0.2, 0.25) is 0 Å². The van der Waals surface area contributed by atoms with Crippen LogP contribution in [0.25, 0.3) is 43.1 Å². The van der Waals surface area contributed by atoms with Gasteiger partial charge in [-0.3, -0.25) is 0 Å². The second kappa shape index (κ2) is 28.1. The van der Waals surface area contributed by atoms with E-state index in [0.29, 0.717) is 0 Å². The number of hydrogen-bond acceptors (Lipinski definition) is 0. The van der Waals surface area contributed by atoms with Gasteiger partial charge in [0, 0.05) is 0 Å². The molecule has 0 radical (unpaired) electrons. The summed E-state index contributed by atoms with van der Waals surface area (Å²) in [6, 6.07) is 52.8. The largest absolute Gasteiger partial charge is 2.00 e. The Balaban J connectivity index is 0.000000403. The van der Waals surface area contributed by atoms with Crippen LogP contribution in [-0.2, 0) is 43.4 Å². The summed E-state index contributed by atoms with van der Waals surface area (Å²) in [6.07, 6.45) is 5.46. The third-order valence-electron chi connectivity index (χ3n) is 9.80. The van der Waals surface area contributed by atoms with Crippen LogP contribution in [0.5, 0.6) is 0 Å². The molecule has 316 valence electrons. The molecule has 0 aliphatic rings. The van der Waals surface area contributed by atoms with E-state index in [4.69, 9.17) is 0 Å². The number of aryl methyl sites for hydroxylation is 2. The second-order valence-electron chi connectivity index (χ2n) is 17.4. The summed E-state index contributed by atoms with van der Waals surface area (Å²) >= 11 is 0. The third kappa shape index (κ3) is 17.8. The number of rotatable bonds is 10. The summed E-state index contributed by atoms with van der Waals surface area (Å²) in [7, 11) is 0.0370. The topological polar surface area (TPSA) is 0 Å². The molecule has 0 spiro atoms. The predicted octanol–water partition coefficient (Wildman–Crippen LogP) is 9.69. The Labute approximate surface area is 408 Å². The maximum absolute atomic E-state index is 2.42. The first-order valence-corrected chi connectivity index (χ1v) is 24.3. The van der Waals surface area contributed by atoms with Crippen molar-refractivity contribution in [1.29, 1.82) is 0 Å². The maximum Gasteiger partial charge on any atom is 2.00 e. The second-order valence-corrected chi connectivity index (χ2v) is 22.0. The Morgan fingerprint density at radius 3 is 0.833 bits per heavy atom. The molecule has 0 aromatic heterocycles. The normalized spacial score (nSPS) is 10.8. The molecule has 0 aliphatic heterocycles. The fraction of sp³-hybridized carbons (Fsp3) is 0.333. The van der Waals surface area contributed by atoms with Gasteiger partial charge in [-0.15, -0.1) is 162 Å². The molecule has 0 unspecified atom stereocenters. The summed E-state index contributed by atoms with van der Waals surface area (Å²) in [5.41, 5.74) is 2.70. The number of hydrogen-bond donors (Lipinski definition) is 0. The van der Waals surface area contributed by atoms with Gasteiger partial charge < -0.3 is 24.8 Å². The molecule has 0 heterocycles. The van der Waals surface area contributed by atoms with Crippen LogP contribution in [0, 0.1) is 37.5 Å². The Kier molecular flexibility index (Phi) is 26.3. The molecule has 0 saturated carbocycles. The minimum atomic E-state index is 0. The van der Waals surface area contributed by atoms with E-state index >= 15 is 0 Å². The summed E-state index contributed by atoms with van der Waals surface area (Å²) in [6.45, 7) is 23.0. The fourth-order valence-corrected chi connectivity index (χ4v) is 13.5. The van der Waals surface area contributed by atoms with Crippen molar-refractivity contribution < 1.29 is 68.2 Å². The van der Waals surface area contributed by atoms with E-state index in [9.17, 15) is 0 Å². The molecule has 60 heavy (non-hydrogen) atoms. The minimum absolute atomic E-state index is 0. The van der Waals surface area contributed by atoms with Crippen LogP contribution in [0.4, 0.5) is 0 Å². The first-order valence-electron chi connectivity index (χ1n) is 20.9. The number of halogens is 2. The zero-order valence-electron chi connectivity index (χ0n) is 37.6. The van der Waals surface area contributed by atoms with E-state index in [1.807, 2.05) is 0 Å². The molecule has 0 N–H and O–H groups in total. The summed E-state index contributed by atoms with van der Waals surface area (Å²) < 4.78 is 0. The quantitative estimate of drug-likeness (QED) is 0.0729. The molecule has 0 aliphatic carbocycles. The Hall–Kier alpha value is -1.81. The van der Waals surface area contributed by atoms with Crippen LogP contribution in [-0.4, -0.2) is 24.6 Å². The molecule has 6 heteroatoms. The first-order chi connectivity index (χ1) is 26.8. The predicted molar refractivity (Wildman–Crippen MR) is 260 cm³/mol. The van der Waals surface area contributed by atoms with Crippen molar-refractivity contribution in [3.63, 3.8) is 0 Å². The van der Waals surface area contributed by atoms with Crippen LogP contribution < -0.4 is 35.4 Å². The third-order valence-corrected chi connectivity index (χ3v) is 16.5. The summed E-state index contributed by atoms with van der Waals surface area (Å²) in [5.74, 6) is 3.20. The van der Waals surface area contributed by atoms with Gasteiger partial charge in [0.2, 0.25) is 0 Å². The van der Waals surface area contributed by atoms with Crippen molar-refractivity contribution in [2.45, 2.75) is 69.2 Å². The smallest absolute Gasteiger partial charge is 1.00 e. The Bertz CT molecular complexity index is 2040. The van der Waals surface area contributed by atoms with Gasteiger partial charge in [0.15, 0.2) is 0 Å². The Morgan fingerprint density at radius 1 is 0.367 bits per heavy atom. The molecule has 0 atom stereocenters. The van der Waals surface area contributed by atoms with Gasteiger partial charge in [0.1, 0.15) is 0 Å². The summed E-state index contributed by atoms with van der Waals surface area (Å²) in [4.78, 5) is 0. The van der Waals surface area contributed by atoms with Gasteiger partial charge in [-0.1, -0.05) is 109 Å². The van der Waals surface area contributed by atoms with Crippen LogP contribution in [0.3, 0.4) is 0 Å². The first kappa shape index (κ1) is 56.2. The van der Waals surface area contributed by atoms with Gasteiger partial charge in [-0.25, -0.2) is 0 Å². The standard InChI is InChI=1S/2C17H24P.2C10H9.2ClH.2Ti/c2*1-13(2)11-18(12-14(3)4)17-9-15-7-5-6-8-16(15)10-17;2*1-8-6-9-4-2-3-5-10(9)7-8;;;;/h2*5-10,13-14H,11-12H2,1-4H3;2*2-7H,1H3;2*1H;;/q4*-1;;;2*+2/p-2. The van der Waals surface area contributed by atoms with Crippen LogP contribution >= 0.6 is 15.8 Å². The molecule has 0 saturated heterocycles. The average Bonchev–Trinajstić information content (AvgIpc) is 3.94. The van der Waals surface area contributed by atoms with Crippen molar-refractivity contribution in [2.24, 2.45) is 23.7 Å². The van der Waals surface area contributed by atoms with E-state index in [-0.39, 0.29) is 84.1 Å².